The van der Waals surface area contributed by atoms with Crippen LogP contribution in [0.15, 0.2) is 59.5 Å². The van der Waals surface area contributed by atoms with E-state index in [-0.39, 0.29) is 4.90 Å². The van der Waals surface area contributed by atoms with Crippen molar-refractivity contribution >= 4 is 38.0 Å². The second kappa shape index (κ2) is 7.36. The summed E-state index contributed by atoms with van der Waals surface area (Å²) in [4.78, 5) is 22.0. The Morgan fingerprint density at radius 2 is 1.41 bits per heavy atom. The van der Waals surface area contributed by atoms with Gasteiger partial charge in [-0.15, -0.1) is 0 Å². The molecule has 0 aliphatic heterocycles. The smallest absolute Gasteiger partial charge is 0.339 e. The van der Waals surface area contributed by atoms with Crippen LogP contribution in [0.1, 0.15) is 0 Å². The summed E-state index contributed by atoms with van der Waals surface area (Å²) >= 11 is 0. The molecule has 0 N–H and O–H groups in total. The zero-order valence-corrected chi connectivity index (χ0v) is 16.1. The lowest BCUT2D eigenvalue weighted by molar-refractivity contribution is -0.394. The van der Waals surface area contributed by atoms with E-state index in [1.54, 1.807) is 24.3 Å². The molecule has 0 saturated carbocycles. The molecule has 0 atom stereocenters. The van der Waals surface area contributed by atoms with Crippen LogP contribution < -0.4 is 9.08 Å². The lowest BCUT2D eigenvalue weighted by Crippen LogP contribution is -2.12. The SMILES string of the molecule is CN(C)c1cccc2c(S(=O)(=O)Oc3cc([N+](=O)[O-])cc([N+](=O)[O-])c3)cccc12. The zero-order valence-electron chi connectivity index (χ0n) is 15.3. The normalized spacial score (nSPS) is 11.2. The average molecular weight is 417 g/mol. The maximum Gasteiger partial charge on any atom is 0.339 e. The van der Waals surface area contributed by atoms with Gasteiger partial charge in [-0.05, 0) is 12.1 Å². The van der Waals surface area contributed by atoms with Gasteiger partial charge in [0.05, 0.1) is 28.0 Å². The van der Waals surface area contributed by atoms with Gasteiger partial charge in [0.1, 0.15) is 4.90 Å². The van der Waals surface area contributed by atoms with Crippen LogP contribution in [0.2, 0.25) is 0 Å². The Balaban J connectivity index is 2.13. The Bertz CT molecular complexity index is 1210. The van der Waals surface area contributed by atoms with Crippen LogP contribution in [0.3, 0.4) is 0 Å². The van der Waals surface area contributed by atoms with Crippen LogP contribution in [-0.2, 0) is 10.1 Å². The van der Waals surface area contributed by atoms with Gasteiger partial charge in [0.25, 0.3) is 11.4 Å². The highest BCUT2D eigenvalue weighted by Gasteiger charge is 2.24. The zero-order chi connectivity index (χ0) is 21.3. The lowest BCUT2D eigenvalue weighted by atomic mass is 10.1. The van der Waals surface area contributed by atoms with Crippen molar-refractivity contribution in [3.63, 3.8) is 0 Å². The molecule has 3 aromatic carbocycles. The fourth-order valence-corrected chi connectivity index (χ4v) is 4.00. The standard InChI is InChI=1S/C18H15N3O7S/c1-19(2)17-7-3-6-16-15(17)5-4-8-18(16)29(26,27)28-14-10-12(20(22)23)9-13(11-14)21(24)25/h3-11H,1-2H3. The predicted molar refractivity (Wildman–Crippen MR) is 106 cm³/mol. The third kappa shape index (κ3) is 3.94. The topological polar surface area (TPSA) is 133 Å². The van der Waals surface area contributed by atoms with E-state index in [2.05, 4.69) is 0 Å². The molecule has 29 heavy (non-hydrogen) atoms. The average Bonchev–Trinajstić information content (AvgIpc) is 2.66. The summed E-state index contributed by atoms with van der Waals surface area (Å²) in [7, 11) is -0.803. The second-order valence-electron chi connectivity index (χ2n) is 6.26. The van der Waals surface area contributed by atoms with Crippen LogP contribution in [0.25, 0.3) is 10.8 Å². The number of hydrogen-bond acceptors (Lipinski definition) is 8. The summed E-state index contributed by atoms with van der Waals surface area (Å²) in [6, 6.07) is 12.1. The minimum absolute atomic E-state index is 0.159. The van der Waals surface area contributed by atoms with Crippen LogP contribution in [0.4, 0.5) is 17.1 Å². The molecule has 11 heteroatoms. The first kappa shape index (κ1) is 20.0. The summed E-state index contributed by atoms with van der Waals surface area (Å²) in [5.41, 5.74) is -0.528. The van der Waals surface area contributed by atoms with E-state index in [1.807, 2.05) is 25.1 Å². The van der Waals surface area contributed by atoms with E-state index in [4.69, 9.17) is 4.18 Å². The molecule has 0 radical (unpaired) electrons. The predicted octanol–water partition coefficient (Wildman–Crippen LogP) is 3.49. The van der Waals surface area contributed by atoms with Gasteiger partial charge >= 0.3 is 10.1 Å². The number of non-ortho nitro benzene ring substituents is 2. The number of hydrogen-bond donors (Lipinski definition) is 0. The van der Waals surface area contributed by atoms with E-state index in [0.29, 0.717) is 10.8 Å². The Morgan fingerprint density at radius 3 is 1.97 bits per heavy atom. The van der Waals surface area contributed by atoms with Gasteiger partial charge in [-0.3, -0.25) is 20.2 Å². The van der Waals surface area contributed by atoms with Crippen molar-refractivity contribution in [1.82, 2.24) is 0 Å². The van der Waals surface area contributed by atoms with Gasteiger partial charge in [0.15, 0.2) is 5.75 Å². The van der Waals surface area contributed by atoms with Gasteiger partial charge in [-0.2, -0.15) is 8.42 Å². The molecule has 0 bridgehead atoms. The number of benzene rings is 3. The van der Waals surface area contributed by atoms with Crippen LogP contribution >= 0.6 is 0 Å². The van der Waals surface area contributed by atoms with Gasteiger partial charge < -0.3 is 9.08 Å². The van der Waals surface area contributed by atoms with E-state index >= 15 is 0 Å². The van der Waals surface area contributed by atoms with Crippen LogP contribution in [0.5, 0.6) is 5.75 Å². The largest absolute Gasteiger partial charge is 0.378 e. The Kier molecular flexibility index (Phi) is 5.08. The number of nitrogens with zero attached hydrogens (tertiary/aromatic N) is 3. The number of anilines is 1. The molecule has 0 aliphatic rings. The van der Waals surface area contributed by atoms with Crippen molar-refractivity contribution in [3.05, 3.63) is 74.8 Å². The van der Waals surface area contributed by atoms with Crippen molar-refractivity contribution in [3.8, 4) is 5.75 Å². The van der Waals surface area contributed by atoms with Gasteiger partial charge in [0, 0.05) is 30.6 Å². The van der Waals surface area contributed by atoms with Crippen molar-refractivity contribution in [2.75, 3.05) is 19.0 Å². The van der Waals surface area contributed by atoms with Crippen molar-refractivity contribution in [2.24, 2.45) is 0 Å². The second-order valence-corrected chi connectivity index (χ2v) is 7.77. The molecule has 0 aromatic heterocycles. The lowest BCUT2D eigenvalue weighted by Gasteiger charge is -2.17. The van der Waals surface area contributed by atoms with E-state index < -0.39 is 37.1 Å². The molecule has 0 heterocycles. The quantitative estimate of drug-likeness (QED) is 0.338. The summed E-state index contributed by atoms with van der Waals surface area (Å²) in [6.07, 6.45) is 0. The fourth-order valence-electron chi connectivity index (χ4n) is 2.87. The van der Waals surface area contributed by atoms with E-state index in [0.717, 1.165) is 23.9 Å². The van der Waals surface area contributed by atoms with Gasteiger partial charge in [-0.25, -0.2) is 0 Å². The first-order valence-corrected chi connectivity index (χ1v) is 9.58. The van der Waals surface area contributed by atoms with Crippen molar-refractivity contribution < 1.29 is 22.4 Å². The van der Waals surface area contributed by atoms with Gasteiger partial charge in [0.2, 0.25) is 0 Å². The number of fused-ring (bicyclic) bond motifs is 1. The maximum atomic E-state index is 12.9. The first-order valence-electron chi connectivity index (χ1n) is 8.17. The number of nitro groups is 2. The minimum Gasteiger partial charge on any atom is -0.378 e. The molecular formula is C18H15N3O7S. The molecular weight excluding hydrogens is 402 g/mol. The monoisotopic (exact) mass is 417 g/mol. The molecule has 0 unspecified atom stereocenters. The Hall–Kier alpha value is -3.73. The molecule has 3 rings (SSSR count). The summed E-state index contributed by atoms with van der Waals surface area (Å²) in [6.45, 7) is 0. The molecule has 0 amide bonds. The van der Waals surface area contributed by atoms with Crippen LogP contribution in [0, 0.1) is 20.2 Å². The summed E-state index contributed by atoms with van der Waals surface area (Å²) in [5, 5.41) is 23.1. The van der Waals surface area contributed by atoms with Gasteiger partial charge in [-0.1, -0.05) is 24.3 Å². The van der Waals surface area contributed by atoms with Crippen molar-refractivity contribution in [1.29, 1.82) is 0 Å². The molecule has 0 aliphatic carbocycles. The number of rotatable bonds is 6. The summed E-state index contributed by atoms with van der Waals surface area (Å²) < 4.78 is 30.8. The number of nitro benzene ring substituents is 2. The molecule has 0 saturated heterocycles. The third-order valence-corrected chi connectivity index (χ3v) is 5.42. The first-order chi connectivity index (χ1) is 13.6. The fraction of sp³-hybridized carbons (Fsp3) is 0.111. The highest BCUT2D eigenvalue weighted by molar-refractivity contribution is 7.87. The molecule has 0 fully saturated rings. The minimum atomic E-state index is -4.43. The van der Waals surface area contributed by atoms with Crippen LogP contribution in [-0.4, -0.2) is 32.4 Å². The van der Waals surface area contributed by atoms with E-state index in [9.17, 15) is 28.6 Å². The maximum absolute atomic E-state index is 12.9. The molecule has 3 aromatic rings. The Labute approximate surface area is 165 Å². The Morgan fingerprint density at radius 1 is 0.862 bits per heavy atom. The summed E-state index contributed by atoms with van der Waals surface area (Å²) in [5.74, 6) is -0.522. The molecule has 150 valence electrons. The van der Waals surface area contributed by atoms with Crippen molar-refractivity contribution in [2.45, 2.75) is 4.90 Å². The third-order valence-electron chi connectivity index (χ3n) is 4.11. The molecule has 10 nitrogen and oxygen atoms in total. The van der Waals surface area contributed by atoms with E-state index in [1.165, 1.54) is 6.07 Å². The highest BCUT2D eigenvalue weighted by atomic mass is 32.2. The molecule has 0 spiro atoms. The highest BCUT2D eigenvalue weighted by Crippen LogP contribution is 2.33.